The summed E-state index contributed by atoms with van der Waals surface area (Å²) in [6.45, 7) is 5.13. The van der Waals surface area contributed by atoms with Crippen LogP contribution in [0.25, 0.3) is 0 Å². The normalized spacial score (nSPS) is 13.1. The predicted octanol–water partition coefficient (Wildman–Crippen LogP) is 2.86. The van der Waals surface area contributed by atoms with E-state index < -0.39 is 17.3 Å². The van der Waals surface area contributed by atoms with Crippen LogP contribution in [0, 0.1) is 5.41 Å². The van der Waals surface area contributed by atoms with Crippen molar-refractivity contribution < 1.29 is 14.7 Å². The summed E-state index contributed by atoms with van der Waals surface area (Å²) in [7, 11) is 0. The number of carbonyl (C=O) groups excluding carboxylic acids is 1. The Morgan fingerprint density at radius 1 is 1.24 bits per heavy atom. The van der Waals surface area contributed by atoms with Crippen molar-refractivity contribution in [3.8, 4) is 0 Å². The van der Waals surface area contributed by atoms with Crippen LogP contribution in [0.4, 0.5) is 0 Å². The number of carboxylic acids is 1. The summed E-state index contributed by atoms with van der Waals surface area (Å²) < 4.78 is 0. The Morgan fingerprint density at radius 2 is 1.76 bits per heavy atom. The number of aliphatic carboxylic acids is 1. The Kier molecular flexibility index (Phi) is 4.05. The predicted molar refractivity (Wildman–Crippen MR) is 65.9 cm³/mol. The van der Waals surface area contributed by atoms with Crippen molar-refractivity contribution in [3.05, 3.63) is 35.9 Å². The summed E-state index contributed by atoms with van der Waals surface area (Å²) >= 11 is 0. The summed E-state index contributed by atoms with van der Waals surface area (Å²) in [5, 5.41) is 9.36. The second-order valence-corrected chi connectivity index (χ2v) is 5.05. The van der Waals surface area contributed by atoms with Crippen molar-refractivity contribution in [2.24, 2.45) is 5.41 Å². The lowest BCUT2D eigenvalue weighted by Crippen LogP contribution is -2.30. The molecule has 92 valence electrons. The molecule has 0 radical (unpaired) electrons. The van der Waals surface area contributed by atoms with Gasteiger partial charge in [0, 0.05) is 6.42 Å². The largest absolute Gasteiger partial charge is 0.481 e. The standard InChI is InChI=1S/C14H18O3/c1-10(15)9-14(2,3)12(13(16)17)11-7-5-4-6-8-11/h4-8,12H,9H2,1-3H3,(H,16,17). The molecule has 1 N–H and O–H groups in total. The van der Waals surface area contributed by atoms with Crippen LogP contribution in [0.15, 0.2) is 30.3 Å². The lowest BCUT2D eigenvalue weighted by molar-refractivity contribution is -0.142. The van der Waals surface area contributed by atoms with Crippen LogP contribution < -0.4 is 0 Å². The van der Waals surface area contributed by atoms with E-state index in [-0.39, 0.29) is 12.2 Å². The molecule has 1 atom stereocenters. The van der Waals surface area contributed by atoms with Gasteiger partial charge in [-0.05, 0) is 17.9 Å². The molecule has 0 fully saturated rings. The molecule has 1 aromatic carbocycles. The fraction of sp³-hybridized carbons (Fsp3) is 0.429. The zero-order valence-electron chi connectivity index (χ0n) is 10.4. The molecule has 3 nitrogen and oxygen atoms in total. The Morgan fingerprint density at radius 3 is 2.18 bits per heavy atom. The van der Waals surface area contributed by atoms with Crippen LogP contribution in [0.1, 0.15) is 38.7 Å². The minimum Gasteiger partial charge on any atom is -0.481 e. The molecule has 0 saturated heterocycles. The summed E-state index contributed by atoms with van der Waals surface area (Å²) in [4.78, 5) is 22.6. The summed E-state index contributed by atoms with van der Waals surface area (Å²) in [6.07, 6.45) is 0.263. The molecule has 1 rings (SSSR count). The van der Waals surface area contributed by atoms with E-state index in [1.165, 1.54) is 6.92 Å². The quantitative estimate of drug-likeness (QED) is 0.852. The Balaban J connectivity index is 3.10. The fourth-order valence-corrected chi connectivity index (χ4v) is 2.32. The number of ketones is 1. The highest BCUT2D eigenvalue weighted by molar-refractivity contribution is 5.81. The summed E-state index contributed by atoms with van der Waals surface area (Å²) in [5.74, 6) is -1.53. The Hall–Kier alpha value is -1.64. The number of hydrogen-bond acceptors (Lipinski definition) is 2. The molecule has 0 amide bonds. The van der Waals surface area contributed by atoms with E-state index in [4.69, 9.17) is 0 Å². The minimum atomic E-state index is -0.887. The molecule has 0 aliphatic rings. The van der Waals surface area contributed by atoms with E-state index in [2.05, 4.69) is 0 Å². The van der Waals surface area contributed by atoms with Gasteiger partial charge in [0.15, 0.2) is 0 Å². The van der Waals surface area contributed by atoms with E-state index in [0.29, 0.717) is 0 Å². The van der Waals surface area contributed by atoms with Gasteiger partial charge in [-0.25, -0.2) is 0 Å². The number of Topliss-reactive ketones (excluding diaryl/α,β-unsaturated/α-hetero) is 1. The molecular formula is C14H18O3. The van der Waals surface area contributed by atoms with Crippen LogP contribution >= 0.6 is 0 Å². The zero-order chi connectivity index (χ0) is 13.1. The molecule has 0 aliphatic heterocycles. The van der Waals surface area contributed by atoms with Gasteiger partial charge in [0.25, 0.3) is 0 Å². The number of carboxylic acid groups (broad SMARTS) is 1. The van der Waals surface area contributed by atoms with Crippen molar-refractivity contribution in [1.82, 2.24) is 0 Å². The Bertz CT molecular complexity index is 407. The number of carbonyl (C=O) groups is 2. The van der Waals surface area contributed by atoms with E-state index in [1.807, 2.05) is 32.0 Å². The molecule has 3 heteroatoms. The van der Waals surface area contributed by atoms with Gasteiger partial charge >= 0.3 is 5.97 Å². The SMILES string of the molecule is CC(=O)CC(C)(C)C(C(=O)O)c1ccccc1. The maximum absolute atomic E-state index is 11.4. The first kappa shape index (κ1) is 13.4. The highest BCUT2D eigenvalue weighted by Crippen LogP contribution is 2.38. The molecule has 0 aliphatic carbocycles. The third-order valence-electron chi connectivity index (χ3n) is 2.87. The minimum absolute atomic E-state index is 0.0113. The van der Waals surface area contributed by atoms with Crippen molar-refractivity contribution in [3.63, 3.8) is 0 Å². The van der Waals surface area contributed by atoms with Crippen LogP contribution in [0.2, 0.25) is 0 Å². The Labute approximate surface area is 101 Å². The van der Waals surface area contributed by atoms with E-state index in [0.717, 1.165) is 5.56 Å². The summed E-state index contributed by atoms with van der Waals surface area (Å²) in [5.41, 5.74) is 0.158. The van der Waals surface area contributed by atoms with Gasteiger partial charge in [0.2, 0.25) is 0 Å². The monoisotopic (exact) mass is 234 g/mol. The average Bonchev–Trinajstić information content (AvgIpc) is 2.15. The lowest BCUT2D eigenvalue weighted by atomic mass is 9.72. The fourth-order valence-electron chi connectivity index (χ4n) is 2.32. The van der Waals surface area contributed by atoms with Crippen LogP contribution in [-0.2, 0) is 9.59 Å². The van der Waals surface area contributed by atoms with Gasteiger partial charge in [-0.3, -0.25) is 4.79 Å². The first-order chi connectivity index (χ1) is 7.84. The number of rotatable bonds is 5. The second kappa shape index (κ2) is 5.13. The van der Waals surface area contributed by atoms with E-state index in [9.17, 15) is 14.7 Å². The van der Waals surface area contributed by atoms with Gasteiger partial charge in [-0.15, -0.1) is 0 Å². The smallest absolute Gasteiger partial charge is 0.311 e. The van der Waals surface area contributed by atoms with Gasteiger partial charge in [-0.1, -0.05) is 44.2 Å². The zero-order valence-corrected chi connectivity index (χ0v) is 10.4. The highest BCUT2D eigenvalue weighted by Gasteiger charge is 2.37. The van der Waals surface area contributed by atoms with Crippen LogP contribution in [0.5, 0.6) is 0 Å². The molecule has 0 bridgehead atoms. The molecule has 1 unspecified atom stereocenters. The first-order valence-electron chi connectivity index (χ1n) is 5.62. The molecule has 0 heterocycles. The topological polar surface area (TPSA) is 54.4 Å². The lowest BCUT2D eigenvalue weighted by Gasteiger charge is -2.30. The number of hydrogen-bond donors (Lipinski definition) is 1. The van der Waals surface area contributed by atoms with Gasteiger partial charge in [0.05, 0.1) is 5.92 Å². The van der Waals surface area contributed by atoms with E-state index >= 15 is 0 Å². The van der Waals surface area contributed by atoms with Gasteiger partial charge in [-0.2, -0.15) is 0 Å². The van der Waals surface area contributed by atoms with Crippen molar-refractivity contribution in [2.45, 2.75) is 33.1 Å². The summed E-state index contributed by atoms with van der Waals surface area (Å²) in [6, 6.07) is 9.06. The maximum atomic E-state index is 11.4. The van der Waals surface area contributed by atoms with Crippen LogP contribution in [-0.4, -0.2) is 16.9 Å². The number of benzene rings is 1. The van der Waals surface area contributed by atoms with Crippen LogP contribution in [0.3, 0.4) is 0 Å². The third-order valence-corrected chi connectivity index (χ3v) is 2.87. The molecule has 0 saturated carbocycles. The second-order valence-electron chi connectivity index (χ2n) is 5.05. The van der Waals surface area contributed by atoms with Crippen molar-refractivity contribution >= 4 is 11.8 Å². The maximum Gasteiger partial charge on any atom is 0.311 e. The third kappa shape index (κ3) is 3.41. The van der Waals surface area contributed by atoms with E-state index in [1.54, 1.807) is 12.1 Å². The van der Waals surface area contributed by atoms with Crippen molar-refractivity contribution in [1.29, 1.82) is 0 Å². The molecular weight excluding hydrogens is 216 g/mol. The van der Waals surface area contributed by atoms with Gasteiger partial charge in [0.1, 0.15) is 5.78 Å². The van der Waals surface area contributed by atoms with Gasteiger partial charge < -0.3 is 9.90 Å². The first-order valence-corrected chi connectivity index (χ1v) is 5.62. The molecule has 17 heavy (non-hydrogen) atoms. The molecule has 1 aromatic rings. The van der Waals surface area contributed by atoms with Crippen molar-refractivity contribution in [2.75, 3.05) is 0 Å². The average molecular weight is 234 g/mol. The molecule has 0 aromatic heterocycles. The highest BCUT2D eigenvalue weighted by atomic mass is 16.4. The molecule has 0 spiro atoms.